The first kappa shape index (κ1) is 21.5. The minimum absolute atomic E-state index is 0.204. The number of carbonyl (C=O) groups excluding carboxylic acids is 3. The van der Waals surface area contributed by atoms with Gasteiger partial charge >= 0.3 is 5.97 Å². The summed E-state index contributed by atoms with van der Waals surface area (Å²) in [5, 5.41) is 1.10. The second-order valence-electron chi connectivity index (χ2n) is 8.63. The number of benzene rings is 2. The average Bonchev–Trinajstić information content (AvgIpc) is 3.28. The van der Waals surface area contributed by atoms with Gasteiger partial charge in [0.15, 0.2) is 0 Å². The second-order valence-corrected chi connectivity index (χ2v) is 9.07. The standard InChI is InChI=1S/C24H21ClFN3O4/c1-28(2)22(31)20-19(15-5-3-13(25)11-18(15)27-20)21(30)29-9-7-24(8-10-29)17-6-4-14(26)12-16(17)23(32)33-24/h3-6,11-12,27H,7-10H2,1-2H3. The highest BCUT2D eigenvalue weighted by molar-refractivity contribution is 6.31. The van der Waals surface area contributed by atoms with Crippen LogP contribution in [0.25, 0.3) is 10.9 Å². The zero-order valence-corrected chi connectivity index (χ0v) is 18.8. The Kier molecular flexibility index (Phi) is 4.93. The van der Waals surface area contributed by atoms with E-state index >= 15 is 0 Å². The molecule has 33 heavy (non-hydrogen) atoms. The monoisotopic (exact) mass is 469 g/mol. The van der Waals surface area contributed by atoms with Gasteiger partial charge in [0.1, 0.15) is 17.1 Å². The fraction of sp³-hybridized carbons (Fsp3) is 0.292. The third-order valence-electron chi connectivity index (χ3n) is 6.43. The number of hydrogen-bond acceptors (Lipinski definition) is 4. The van der Waals surface area contributed by atoms with Gasteiger partial charge in [-0.25, -0.2) is 9.18 Å². The summed E-state index contributed by atoms with van der Waals surface area (Å²) in [6.07, 6.45) is 0.766. The number of halogens is 2. The molecule has 5 rings (SSSR count). The highest BCUT2D eigenvalue weighted by Gasteiger charge is 2.48. The molecule has 7 nitrogen and oxygen atoms in total. The summed E-state index contributed by atoms with van der Waals surface area (Å²) in [7, 11) is 3.24. The summed E-state index contributed by atoms with van der Waals surface area (Å²) in [6, 6.07) is 9.18. The number of aromatic nitrogens is 1. The zero-order valence-electron chi connectivity index (χ0n) is 18.1. The lowest BCUT2D eigenvalue weighted by Gasteiger charge is -2.38. The van der Waals surface area contributed by atoms with Crippen molar-refractivity contribution < 1.29 is 23.5 Å². The summed E-state index contributed by atoms with van der Waals surface area (Å²) in [4.78, 5) is 44.9. The number of hydrogen-bond donors (Lipinski definition) is 1. The van der Waals surface area contributed by atoms with Crippen LogP contribution < -0.4 is 0 Å². The molecule has 1 saturated heterocycles. The quantitative estimate of drug-likeness (QED) is 0.576. The molecule has 1 aromatic heterocycles. The Morgan fingerprint density at radius 1 is 1.15 bits per heavy atom. The van der Waals surface area contributed by atoms with Crippen molar-refractivity contribution in [3.05, 3.63) is 69.6 Å². The Morgan fingerprint density at radius 2 is 1.88 bits per heavy atom. The van der Waals surface area contributed by atoms with E-state index in [9.17, 15) is 18.8 Å². The summed E-state index contributed by atoms with van der Waals surface area (Å²) in [5.41, 5.74) is 1.13. The second kappa shape index (κ2) is 7.59. The average molecular weight is 470 g/mol. The molecule has 0 saturated carbocycles. The number of carbonyl (C=O) groups is 3. The van der Waals surface area contributed by atoms with Crippen molar-refractivity contribution in [1.29, 1.82) is 0 Å². The number of ether oxygens (including phenoxy) is 1. The smallest absolute Gasteiger partial charge is 0.339 e. The van der Waals surface area contributed by atoms with E-state index in [2.05, 4.69) is 4.98 Å². The van der Waals surface area contributed by atoms with Crippen LogP contribution in [0.15, 0.2) is 36.4 Å². The highest BCUT2D eigenvalue weighted by Crippen LogP contribution is 2.44. The fourth-order valence-corrected chi connectivity index (χ4v) is 4.92. The van der Waals surface area contributed by atoms with Crippen LogP contribution in [0.2, 0.25) is 5.02 Å². The zero-order chi connectivity index (χ0) is 23.5. The molecule has 0 bridgehead atoms. The van der Waals surface area contributed by atoms with E-state index in [4.69, 9.17) is 16.3 Å². The molecule has 2 aromatic carbocycles. The number of rotatable bonds is 2. The summed E-state index contributed by atoms with van der Waals surface area (Å²) in [6.45, 7) is 0.636. The Bertz CT molecular complexity index is 1320. The van der Waals surface area contributed by atoms with Gasteiger partial charge in [0, 0.05) is 61.5 Å². The molecule has 3 heterocycles. The van der Waals surface area contributed by atoms with Crippen molar-refractivity contribution >= 4 is 40.3 Å². The number of nitrogens with zero attached hydrogens (tertiary/aromatic N) is 2. The SMILES string of the molecule is CN(C)C(=O)c1[nH]c2cc(Cl)ccc2c1C(=O)N1CCC2(CC1)OC(=O)c1cc(F)ccc12. The van der Waals surface area contributed by atoms with Gasteiger partial charge in [-0.1, -0.05) is 23.7 Å². The van der Waals surface area contributed by atoms with Crippen LogP contribution in [0.5, 0.6) is 0 Å². The van der Waals surface area contributed by atoms with E-state index in [0.29, 0.717) is 53.0 Å². The molecule has 0 unspecified atom stereocenters. The molecule has 170 valence electrons. The number of esters is 1. The lowest BCUT2D eigenvalue weighted by molar-refractivity contribution is -0.0389. The summed E-state index contributed by atoms with van der Waals surface area (Å²) in [5.74, 6) is -1.64. The Balaban J connectivity index is 1.46. The van der Waals surface area contributed by atoms with Crippen LogP contribution in [-0.4, -0.2) is 59.8 Å². The lowest BCUT2D eigenvalue weighted by atomic mass is 9.83. The number of aromatic amines is 1. The molecule has 0 aliphatic carbocycles. The fourth-order valence-electron chi connectivity index (χ4n) is 4.75. The summed E-state index contributed by atoms with van der Waals surface area (Å²) < 4.78 is 19.3. The molecule has 1 N–H and O–H groups in total. The molecule has 2 amide bonds. The van der Waals surface area contributed by atoms with Crippen molar-refractivity contribution in [2.45, 2.75) is 18.4 Å². The van der Waals surface area contributed by atoms with E-state index in [1.54, 1.807) is 43.3 Å². The van der Waals surface area contributed by atoms with Gasteiger partial charge in [-0.3, -0.25) is 9.59 Å². The van der Waals surface area contributed by atoms with E-state index in [0.717, 1.165) is 0 Å². The van der Waals surface area contributed by atoms with E-state index in [1.165, 1.54) is 17.0 Å². The first-order valence-electron chi connectivity index (χ1n) is 10.6. The number of likely N-dealkylation sites (tertiary alicyclic amines) is 1. The Hall–Kier alpha value is -3.39. The Labute approximate surface area is 194 Å². The van der Waals surface area contributed by atoms with Gasteiger partial charge in [0.05, 0.1) is 11.1 Å². The molecule has 1 spiro atoms. The van der Waals surface area contributed by atoms with Gasteiger partial charge in [0.2, 0.25) is 0 Å². The predicted octanol–water partition coefficient (Wildman–Crippen LogP) is 3.96. The molecule has 0 radical (unpaired) electrons. The summed E-state index contributed by atoms with van der Waals surface area (Å²) >= 11 is 6.11. The molecule has 2 aliphatic rings. The molecular formula is C24H21ClFN3O4. The minimum Gasteiger partial charge on any atom is -0.450 e. The van der Waals surface area contributed by atoms with Crippen LogP contribution in [-0.2, 0) is 10.3 Å². The minimum atomic E-state index is -0.868. The molecule has 1 fully saturated rings. The highest BCUT2D eigenvalue weighted by atomic mass is 35.5. The largest absolute Gasteiger partial charge is 0.450 e. The molecular weight excluding hydrogens is 449 g/mol. The van der Waals surface area contributed by atoms with E-state index in [1.807, 2.05) is 0 Å². The maximum Gasteiger partial charge on any atom is 0.339 e. The lowest BCUT2D eigenvalue weighted by Crippen LogP contribution is -2.45. The normalized spacial score (nSPS) is 16.7. The van der Waals surface area contributed by atoms with Gasteiger partial charge in [-0.2, -0.15) is 0 Å². The van der Waals surface area contributed by atoms with Crippen molar-refractivity contribution in [2.75, 3.05) is 27.2 Å². The van der Waals surface area contributed by atoms with Crippen molar-refractivity contribution in [1.82, 2.24) is 14.8 Å². The molecule has 0 atom stereocenters. The van der Waals surface area contributed by atoms with E-state index < -0.39 is 17.4 Å². The van der Waals surface area contributed by atoms with E-state index in [-0.39, 0.29) is 23.1 Å². The number of nitrogens with one attached hydrogen (secondary N) is 1. The van der Waals surface area contributed by atoms with Crippen molar-refractivity contribution in [3.63, 3.8) is 0 Å². The molecule has 3 aromatic rings. The third kappa shape index (κ3) is 3.36. The molecule has 9 heteroatoms. The first-order valence-corrected chi connectivity index (χ1v) is 10.9. The van der Waals surface area contributed by atoms with Crippen LogP contribution in [0.1, 0.15) is 49.6 Å². The molecule has 2 aliphatic heterocycles. The maximum absolute atomic E-state index is 13.6. The maximum atomic E-state index is 13.6. The van der Waals surface area contributed by atoms with Gasteiger partial charge in [-0.05, 0) is 24.3 Å². The van der Waals surface area contributed by atoms with Crippen LogP contribution >= 0.6 is 11.6 Å². The van der Waals surface area contributed by atoms with Crippen molar-refractivity contribution in [3.8, 4) is 0 Å². The number of piperidine rings is 1. The van der Waals surface area contributed by atoms with Crippen LogP contribution in [0, 0.1) is 5.82 Å². The number of fused-ring (bicyclic) bond motifs is 3. The number of H-pyrrole nitrogens is 1. The van der Waals surface area contributed by atoms with Gasteiger partial charge in [0.25, 0.3) is 11.8 Å². The third-order valence-corrected chi connectivity index (χ3v) is 6.67. The topological polar surface area (TPSA) is 82.7 Å². The van der Waals surface area contributed by atoms with Crippen molar-refractivity contribution in [2.24, 2.45) is 0 Å². The van der Waals surface area contributed by atoms with Crippen LogP contribution in [0.3, 0.4) is 0 Å². The number of amides is 2. The predicted molar refractivity (Wildman–Crippen MR) is 120 cm³/mol. The first-order chi connectivity index (χ1) is 15.7. The van der Waals surface area contributed by atoms with Crippen LogP contribution in [0.4, 0.5) is 4.39 Å². The Morgan fingerprint density at radius 3 is 2.58 bits per heavy atom. The van der Waals surface area contributed by atoms with Gasteiger partial charge < -0.3 is 19.5 Å². The van der Waals surface area contributed by atoms with Gasteiger partial charge in [-0.15, -0.1) is 0 Å².